The number of hydrogen-bond acceptors (Lipinski definition) is 1. The molecule has 0 saturated carbocycles. The number of allylic oxidation sites excluding steroid dienone is 6. The van der Waals surface area contributed by atoms with E-state index < -0.39 is 5.41 Å². The van der Waals surface area contributed by atoms with Crippen LogP contribution in [0.15, 0.2) is 175 Å². The molecule has 0 N–H and O–H groups in total. The molecule has 8 rings (SSSR count). The van der Waals surface area contributed by atoms with Crippen LogP contribution in [0.25, 0.3) is 39.0 Å². The molecule has 0 saturated heterocycles. The maximum Gasteiger partial charge on any atom is 0.0732 e. The van der Waals surface area contributed by atoms with Crippen LogP contribution >= 0.6 is 0 Å². The van der Waals surface area contributed by atoms with E-state index >= 15 is 0 Å². The number of benzene rings is 5. The third-order valence-electron chi connectivity index (χ3n) is 12.3. The first kappa shape index (κ1) is 40.3. The average Bonchev–Trinajstić information content (AvgIpc) is 3.70. The van der Waals surface area contributed by atoms with E-state index in [1.54, 1.807) is 6.08 Å². The van der Waals surface area contributed by atoms with E-state index in [0.29, 0.717) is 5.70 Å². The molecule has 0 aromatic heterocycles. The lowest BCUT2D eigenvalue weighted by atomic mass is 9.68. The number of hydrogen-bond donors (Lipinski definition) is 0. The van der Waals surface area contributed by atoms with Crippen molar-refractivity contribution < 1.29 is 0 Å². The van der Waals surface area contributed by atoms with Gasteiger partial charge in [0.2, 0.25) is 0 Å². The van der Waals surface area contributed by atoms with Crippen LogP contribution in [0.1, 0.15) is 105 Å². The lowest BCUT2D eigenvalue weighted by Gasteiger charge is -2.32. The van der Waals surface area contributed by atoms with Crippen molar-refractivity contribution in [3.63, 3.8) is 0 Å². The minimum absolute atomic E-state index is 0.00980. The normalized spacial score (nSPS) is 16.1. The molecule has 6 aromatic carbocycles. The molecule has 2 aliphatic rings. The number of fused-ring (bicyclic) bond motifs is 10. The fraction of sp³-hybridized carbons (Fsp3) is 0.203. The molecule has 1 nitrogen and oxygen atoms in total. The van der Waals surface area contributed by atoms with Gasteiger partial charge in [-0.05, 0) is 128 Å². The van der Waals surface area contributed by atoms with Gasteiger partial charge in [0.15, 0.2) is 0 Å². The smallest absolute Gasteiger partial charge is 0.0732 e. The standard InChI is InChI=1S/C59H55N/c1-12-19-42(20-13-2)40(5)60-55(34-38(3)41-21-15-14-16-22-41)44-27-25-43(26-28-44)45-29-32-52-50(35-45)48-23-17-18-24-51(48)59(52)53-36-46(57(6,7)8)30-31-49(53)56-39(4)33-47(37-54(56)59)58(9,10)11/h12-29,32-37H,1,5H2,2-4,6-11H3/b20-13-,38-34+,42-19+,60-55?. The maximum absolute atomic E-state index is 5.12. The zero-order valence-electron chi connectivity index (χ0n) is 36.7. The van der Waals surface area contributed by atoms with Gasteiger partial charge >= 0.3 is 0 Å². The Morgan fingerprint density at radius 2 is 1.37 bits per heavy atom. The topological polar surface area (TPSA) is 12.4 Å². The Morgan fingerprint density at radius 3 is 2.05 bits per heavy atom. The van der Waals surface area contributed by atoms with Gasteiger partial charge in [-0.2, -0.15) is 0 Å². The molecule has 2 aliphatic carbocycles. The van der Waals surface area contributed by atoms with Crippen molar-refractivity contribution in [2.24, 2.45) is 4.99 Å². The molecule has 1 heteroatoms. The fourth-order valence-electron chi connectivity index (χ4n) is 9.15. The summed E-state index contributed by atoms with van der Waals surface area (Å²) in [5.74, 6) is 0. The van der Waals surface area contributed by atoms with Gasteiger partial charge in [0, 0.05) is 16.7 Å². The largest absolute Gasteiger partial charge is 0.248 e. The van der Waals surface area contributed by atoms with E-state index in [0.717, 1.165) is 33.5 Å². The number of aliphatic imine (C=N–C) groups is 1. The van der Waals surface area contributed by atoms with E-state index in [2.05, 4.69) is 196 Å². The molecular formula is C59H55N. The first-order valence-corrected chi connectivity index (χ1v) is 21.1. The molecule has 0 heterocycles. The Morgan fingerprint density at radius 1 is 0.683 bits per heavy atom. The molecule has 296 valence electrons. The summed E-state index contributed by atoms with van der Waals surface area (Å²) >= 11 is 0. The summed E-state index contributed by atoms with van der Waals surface area (Å²) < 4.78 is 0. The quantitative estimate of drug-likeness (QED) is 0.108. The SMILES string of the molecule is C=C/C=C(\C=C/C)C(=C)N=C(/C=C(\C)c1ccccc1)c1ccc(-c2ccc3c(c2)-c2ccccc2C32c3cc(C(C)(C)C)c#cc3-c3c(C)cc(C(C)(C)C)cc32)cc1. The van der Waals surface area contributed by atoms with Crippen molar-refractivity contribution >= 4 is 11.3 Å². The van der Waals surface area contributed by atoms with Crippen LogP contribution in [0.5, 0.6) is 0 Å². The Balaban J connectivity index is 1.28. The second-order valence-corrected chi connectivity index (χ2v) is 18.4. The van der Waals surface area contributed by atoms with Crippen LogP contribution in [-0.2, 0) is 16.2 Å². The predicted molar refractivity (Wildman–Crippen MR) is 257 cm³/mol. The zero-order valence-corrected chi connectivity index (χ0v) is 36.7. The molecule has 60 heavy (non-hydrogen) atoms. The third-order valence-corrected chi connectivity index (χ3v) is 12.3. The molecule has 0 radical (unpaired) electrons. The summed E-state index contributed by atoms with van der Waals surface area (Å²) in [6, 6.07) is 50.2. The summed E-state index contributed by atoms with van der Waals surface area (Å²) in [6.07, 6.45) is 9.91. The van der Waals surface area contributed by atoms with Crippen molar-refractivity contribution in [2.75, 3.05) is 0 Å². The third kappa shape index (κ3) is 6.85. The minimum Gasteiger partial charge on any atom is -0.248 e. The molecular weight excluding hydrogens is 723 g/mol. The van der Waals surface area contributed by atoms with Crippen LogP contribution in [-0.4, -0.2) is 5.71 Å². The van der Waals surface area contributed by atoms with Crippen LogP contribution in [0.2, 0.25) is 0 Å². The van der Waals surface area contributed by atoms with Crippen molar-refractivity contribution in [2.45, 2.75) is 78.6 Å². The highest BCUT2D eigenvalue weighted by molar-refractivity contribution is 6.13. The van der Waals surface area contributed by atoms with Crippen LogP contribution in [0, 0.1) is 19.1 Å². The van der Waals surface area contributed by atoms with Crippen molar-refractivity contribution in [3.05, 3.63) is 232 Å². The highest BCUT2D eigenvalue weighted by Crippen LogP contribution is 2.64. The van der Waals surface area contributed by atoms with Gasteiger partial charge in [-0.15, -0.1) is 0 Å². The summed E-state index contributed by atoms with van der Waals surface area (Å²) in [6.45, 7) is 28.5. The van der Waals surface area contributed by atoms with Gasteiger partial charge in [0.25, 0.3) is 0 Å². The van der Waals surface area contributed by atoms with Gasteiger partial charge in [-0.25, -0.2) is 4.99 Å². The predicted octanol–water partition coefficient (Wildman–Crippen LogP) is 15.3. The van der Waals surface area contributed by atoms with E-state index in [4.69, 9.17) is 4.99 Å². The molecule has 1 atom stereocenters. The van der Waals surface area contributed by atoms with Gasteiger partial charge < -0.3 is 0 Å². The molecule has 6 aromatic rings. The second-order valence-electron chi connectivity index (χ2n) is 18.4. The lowest BCUT2D eigenvalue weighted by Crippen LogP contribution is -2.27. The highest BCUT2D eigenvalue weighted by atomic mass is 14.8. The molecule has 0 aliphatic heterocycles. The van der Waals surface area contributed by atoms with Gasteiger partial charge in [0.05, 0.1) is 16.8 Å². The summed E-state index contributed by atoms with van der Waals surface area (Å²) in [4.78, 5) is 5.12. The van der Waals surface area contributed by atoms with Gasteiger partial charge in [0.1, 0.15) is 0 Å². The lowest BCUT2D eigenvalue weighted by molar-refractivity contribution is 0.586. The van der Waals surface area contributed by atoms with Crippen molar-refractivity contribution in [3.8, 4) is 33.4 Å². The Labute approximate surface area is 359 Å². The number of nitrogens with zero attached hydrogens (tertiary/aromatic N) is 1. The monoisotopic (exact) mass is 777 g/mol. The molecule has 1 spiro atoms. The summed E-state index contributed by atoms with van der Waals surface area (Å²) in [5.41, 5.74) is 21.7. The first-order chi connectivity index (χ1) is 28.7. The van der Waals surface area contributed by atoms with Crippen molar-refractivity contribution in [1.82, 2.24) is 0 Å². The summed E-state index contributed by atoms with van der Waals surface area (Å²) in [7, 11) is 0. The maximum atomic E-state index is 5.12. The summed E-state index contributed by atoms with van der Waals surface area (Å²) in [5, 5.41) is 0. The Bertz CT molecular complexity index is 2800. The zero-order chi connectivity index (χ0) is 42.6. The number of aryl methyl sites for hydroxylation is 1. The van der Waals surface area contributed by atoms with E-state index in [-0.39, 0.29) is 10.8 Å². The number of rotatable bonds is 8. The average molecular weight is 778 g/mol. The van der Waals surface area contributed by atoms with Crippen molar-refractivity contribution in [1.29, 1.82) is 0 Å². The Kier molecular flexibility index (Phi) is 10.3. The molecule has 0 bridgehead atoms. The van der Waals surface area contributed by atoms with Crippen LogP contribution < -0.4 is 0 Å². The van der Waals surface area contributed by atoms with E-state index in [1.807, 2.05) is 31.2 Å². The van der Waals surface area contributed by atoms with E-state index in [1.165, 1.54) is 66.8 Å². The van der Waals surface area contributed by atoms with Crippen LogP contribution in [0.3, 0.4) is 0 Å². The van der Waals surface area contributed by atoms with Gasteiger partial charge in [-0.1, -0.05) is 194 Å². The van der Waals surface area contributed by atoms with Crippen LogP contribution in [0.4, 0.5) is 0 Å². The second kappa shape index (κ2) is 15.3. The Hall–Kier alpha value is -6.49. The first-order valence-electron chi connectivity index (χ1n) is 21.1. The van der Waals surface area contributed by atoms with Gasteiger partial charge in [-0.3, -0.25) is 0 Å². The molecule has 1 unspecified atom stereocenters. The minimum atomic E-state index is -0.473. The fourth-order valence-corrected chi connectivity index (χ4v) is 9.15. The van der Waals surface area contributed by atoms with E-state index in [9.17, 15) is 0 Å². The molecule has 0 fully saturated rings. The highest BCUT2D eigenvalue weighted by Gasteiger charge is 2.53. The molecule has 0 amide bonds.